The molecule has 1 aromatic rings. The summed E-state index contributed by atoms with van der Waals surface area (Å²) in [6.45, 7) is 0. The number of rotatable bonds is 2. The lowest BCUT2D eigenvalue weighted by Crippen LogP contribution is -2.34. The van der Waals surface area contributed by atoms with Gasteiger partial charge in [-0.1, -0.05) is 12.1 Å². The second-order valence-electron chi connectivity index (χ2n) is 2.29. The Balaban J connectivity index is 2.87. The number of hydrogen-bond acceptors (Lipinski definition) is 3. The molecule has 0 aromatic heterocycles. The lowest BCUT2D eigenvalue weighted by atomic mass is 10.2. The highest BCUT2D eigenvalue weighted by atomic mass is 16.2. The van der Waals surface area contributed by atoms with Crippen LogP contribution >= 0.6 is 0 Å². The molecular weight excluding hydrogens is 154 g/mol. The van der Waals surface area contributed by atoms with Crippen LogP contribution in [0.4, 0.5) is 5.69 Å². The van der Waals surface area contributed by atoms with Gasteiger partial charge in [0, 0.05) is 12.7 Å². The number of hydrazine groups is 1. The van der Waals surface area contributed by atoms with Gasteiger partial charge in [-0.15, -0.1) is 0 Å². The Morgan fingerprint density at radius 2 is 2.08 bits per heavy atom. The molecule has 12 heavy (non-hydrogen) atoms. The van der Waals surface area contributed by atoms with Crippen LogP contribution in [0.1, 0.15) is 10.4 Å². The number of hydrogen-bond donors (Lipinski definition) is 3. The van der Waals surface area contributed by atoms with Gasteiger partial charge in [-0.25, -0.2) is 5.43 Å². The van der Waals surface area contributed by atoms with Crippen LogP contribution in [0, 0.1) is 0 Å². The van der Waals surface area contributed by atoms with Gasteiger partial charge in [0.2, 0.25) is 0 Å². The first-order chi connectivity index (χ1) is 5.75. The van der Waals surface area contributed by atoms with Crippen LogP contribution in [0.2, 0.25) is 0 Å². The van der Waals surface area contributed by atoms with Gasteiger partial charge < -0.3 is 5.73 Å². The van der Waals surface area contributed by atoms with Gasteiger partial charge in [-0.3, -0.25) is 10.2 Å². The Kier molecular flexibility index (Phi) is 2.66. The Morgan fingerprint density at radius 1 is 1.42 bits per heavy atom. The predicted molar refractivity (Wildman–Crippen MR) is 47.4 cm³/mol. The van der Waals surface area contributed by atoms with E-state index in [4.69, 9.17) is 5.73 Å². The van der Waals surface area contributed by atoms with Crippen molar-refractivity contribution in [3.05, 3.63) is 29.8 Å². The number of nitrogens with two attached hydrogens (primary N) is 1. The van der Waals surface area contributed by atoms with E-state index in [1.165, 1.54) is 0 Å². The third-order valence-corrected chi connectivity index (χ3v) is 1.44. The van der Waals surface area contributed by atoms with Crippen LogP contribution in [0.15, 0.2) is 24.3 Å². The fourth-order valence-corrected chi connectivity index (χ4v) is 0.885. The van der Waals surface area contributed by atoms with E-state index in [2.05, 4.69) is 10.9 Å². The van der Waals surface area contributed by atoms with Gasteiger partial charge in [0.25, 0.3) is 5.91 Å². The molecule has 0 unspecified atom stereocenters. The molecule has 0 fully saturated rings. The minimum Gasteiger partial charge on any atom is -0.398 e. The first-order valence-corrected chi connectivity index (χ1v) is 3.57. The number of nitrogens with one attached hydrogen (secondary N) is 2. The Bertz CT molecular complexity index is 285. The molecule has 0 spiro atoms. The quantitative estimate of drug-likeness (QED) is 0.431. The lowest BCUT2D eigenvalue weighted by molar-refractivity contribution is 0.0939. The Labute approximate surface area is 70.7 Å². The maximum Gasteiger partial charge on any atom is 0.267 e. The zero-order valence-corrected chi connectivity index (χ0v) is 6.79. The van der Waals surface area contributed by atoms with Crippen LogP contribution in [0.25, 0.3) is 0 Å². The Morgan fingerprint density at radius 3 is 2.67 bits per heavy atom. The van der Waals surface area contributed by atoms with Gasteiger partial charge in [-0.2, -0.15) is 0 Å². The second-order valence-corrected chi connectivity index (χ2v) is 2.29. The summed E-state index contributed by atoms with van der Waals surface area (Å²) >= 11 is 0. The molecule has 4 nitrogen and oxygen atoms in total. The van der Waals surface area contributed by atoms with E-state index in [1.807, 2.05) is 0 Å². The molecule has 0 bridgehead atoms. The van der Waals surface area contributed by atoms with Crippen LogP contribution in [0.5, 0.6) is 0 Å². The highest BCUT2D eigenvalue weighted by Gasteiger charge is 2.05. The maximum absolute atomic E-state index is 11.2. The van der Waals surface area contributed by atoms with Gasteiger partial charge in [0.15, 0.2) is 0 Å². The number of para-hydroxylation sites is 1. The first kappa shape index (κ1) is 8.55. The van der Waals surface area contributed by atoms with Crippen LogP contribution < -0.4 is 16.6 Å². The molecule has 0 radical (unpaired) electrons. The molecule has 0 aliphatic rings. The molecule has 4 heteroatoms. The normalized spacial score (nSPS) is 9.42. The standard InChI is InChI=1S/C8H11N3O/c1-10-11-8(12)6-4-2-3-5-7(6)9/h2-5,10H,9H2,1H3,(H,11,12). The Hall–Kier alpha value is -1.55. The van der Waals surface area contributed by atoms with E-state index >= 15 is 0 Å². The van der Waals surface area contributed by atoms with E-state index in [1.54, 1.807) is 31.3 Å². The van der Waals surface area contributed by atoms with E-state index < -0.39 is 0 Å². The summed E-state index contributed by atoms with van der Waals surface area (Å²) in [5, 5.41) is 0. The minimum atomic E-state index is -0.226. The topological polar surface area (TPSA) is 67.1 Å². The van der Waals surface area contributed by atoms with E-state index in [0.29, 0.717) is 11.3 Å². The molecule has 0 atom stereocenters. The summed E-state index contributed by atoms with van der Waals surface area (Å²) in [5.74, 6) is -0.226. The van der Waals surface area contributed by atoms with Crippen LogP contribution in [-0.2, 0) is 0 Å². The summed E-state index contributed by atoms with van der Waals surface area (Å²) in [5.41, 5.74) is 11.5. The summed E-state index contributed by atoms with van der Waals surface area (Å²) < 4.78 is 0. The number of amides is 1. The van der Waals surface area contributed by atoms with Crippen molar-refractivity contribution in [2.45, 2.75) is 0 Å². The van der Waals surface area contributed by atoms with Crippen molar-refractivity contribution in [2.75, 3.05) is 12.8 Å². The number of carbonyl (C=O) groups is 1. The molecule has 1 rings (SSSR count). The number of carbonyl (C=O) groups excluding carboxylic acids is 1. The van der Waals surface area contributed by atoms with Crippen LogP contribution in [0.3, 0.4) is 0 Å². The SMILES string of the molecule is CNNC(=O)c1ccccc1N. The smallest absolute Gasteiger partial charge is 0.267 e. The molecule has 1 aromatic carbocycles. The molecule has 0 aliphatic carbocycles. The molecule has 0 saturated carbocycles. The lowest BCUT2D eigenvalue weighted by Gasteiger charge is -2.04. The largest absolute Gasteiger partial charge is 0.398 e. The minimum absolute atomic E-state index is 0.226. The fraction of sp³-hybridized carbons (Fsp3) is 0.125. The van der Waals surface area contributed by atoms with Gasteiger partial charge in [-0.05, 0) is 12.1 Å². The molecule has 4 N–H and O–H groups in total. The van der Waals surface area contributed by atoms with E-state index in [-0.39, 0.29) is 5.91 Å². The van der Waals surface area contributed by atoms with Crippen molar-refractivity contribution in [1.82, 2.24) is 10.9 Å². The zero-order valence-electron chi connectivity index (χ0n) is 6.79. The molecule has 64 valence electrons. The van der Waals surface area contributed by atoms with Crippen LogP contribution in [-0.4, -0.2) is 13.0 Å². The number of nitrogen functional groups attached to an aromatic ring is 1. The van der Waals surface area contributed by atoms with Gasteiger partial charge in [0.05, 0.1) is 5.56 Å². The molecule has 0 saturated heterocycles. The van der Waals surface area contributed by atoms with Crippen molar-refractivity contribution in [3.63, 3.8) is 0 Å². The number of anilines is 1. The summed E-state index contributed by atoms with van der Waals surface area (Å²) in [6, 6.07) is 6.90. The van der Waals surface area contributed by atoms with Gasteiger partial charge >= 0.3 is 0 Å². The summed E-state index contributed by atoms with van der Waals surface area (Å²) in [6.07, 6.45) is 0. The summed E-state index contributed by atoms with van der Waals surface area (Å²) in [7, 11) is 1.62. The fourth-order valence-electron chi connectivity index (χ4n) is 0.885. The summed E-state index contributed by atoms with van der Waals surface area (Å²) in [4.78, 5) is 11.2. The number of benzene rings is 1. The third kappa shape index (κ3) is 1.73. The maximum atomic E-state index is 11.2. The molecular formula is C8H11N3O. The third-order valence-electron chi connectivity index (χ3n) is 1.44. The van der Waals surface area contributed by atoms with E-state index in [0.717, 1.165) is 0 Å². The van der Waals surface area contributed by atoms with Crippen molar-refractivity contribution in [3.8, 4) is 0 Å². The zero-order chi connectivity index (χ0) is 8.97. The highest BCUT2D eigenvalue weighted by molar-refractivity contribution is 5.98. The predicted octanol–water partition coefficient (Wildman–Crippen LogP) is 0.133. The average molecular weight is 165 g/mol. The van der Waals surface area contributed by atoms with Crippen molar-refractivity contribution in [1.29, 1.82) is 0 Å². The molecule has 1 amide bonds. The highest BCUT2D eigenvalue weighted by Crippen LogP contribution is 2.09. The van der Waals surface area contributed by atoms with Crippen molar-refractivity contribution >= 4 is 11.6 Å². The van der Waals surface area contributed by atoms with Crippen molar-refractivity contribution < 1.29 is 4.79 Å². The van der Waals surface area contributed by atoms with Crippen molar-refractivity contribution in [2.24, 2.45) is 0 Å². The van der Waals surface area contributed by atoms with E-state index in [9.17, 15) is 4.79 Å². The molecule has 0 aliphatic heterocycles. The van der Waals surface area contributed by atoms with Gasteiger partial charge in [0.1, 0.15) is 0 Å². The second kappa shape index (κ2) is 3.73. The molecule has 0 heterocycles. The first-order valence-electron chi connectivity index (χ1n) is 3.57. The monoisotopic (exact) mass is 165 g/mol. The average Bonchev–Trinajstić information content (AvgIpc) is 2.05.